The minimum atomic E-state index is -2.55. The molecule has 22 heavy (non-hydrogen) atoms. The standard InChI is InChI=1S/C16H19F2N3O/c1-11(20-9-12-5-3-2-4-6-12)13-7-8-21(10-14(17)18)16(22)15(13)19/h2-6,14H,7-10,19H2,1H3. The minimum Gasteiger partial charge on any atom is -0.394 e. The average Bonchev–Trinajstić information content (AvgIpc) is 2.50. The molecule has 1 amide bonds. The zero-order valence-corrected chi connectivity index (χ0v) is 12.4. The van der Waals surface area contributed by atoms with Gasteiger partial charge < -0.3 is 10.6 Å². The summed E-state index contributed by atoms with van der Waals surface area (Å²) in [5.41, 5.74) is 8.25. The van der Waals surface area contributed by atoms with Crippen molar-refractivity contribution >= 4 is 11.6 Å². The molecule has 1 aromatic carbocycles. The van der Waals surface area contributed by atoms with Gasteiger partial charge in [0, 0.05) is 17.8 Å². The molecule has 1 aliphatic heterocycles. The minimum absolute atomic E-state index is 0.0289. The number of carbonyl (C=O) groups excluding carboxylic acids is 1. The van der Waals surface area contributed by atoms with E-state index in [9.17, 15) is 13.6 Å². The van der Waals surface area contributed by atoms with Gasteiger partial charge in [0.25, 0.3) is 12.3 Å². The third-order valence-corrected chi connectivity index (χ3v) is 3.61. The van der Waals surface area contributed by atoms with Crippen LogP contribution in [0.4, 0.5) is 8.78 Å². The largest absolute Gasteiger partial charge is 0.394 e. The Hall–Kier alpha value is -2.24. The normalized spacial score (nSPS) is 16.6. The fraction of sp³-hybridized carbons (Fsp3) is 0.375. The Labute approximate surface area is 128 Å². The summed E-state index contributed by atoms with van der Waals surface area (Å²) >= 11 is 0. The molecule has 0 aromatic heterocycles. The molecular formula is C16H19F2N3O. The van der Waals surface area contributed by atoms with Crippen LogP contribution in [0, 0.1) is 0 Å². The molecular weight excluding hydrogens is 288 g/mol. The summed E-state index contributed by atoms with van der Waals surface area (Å²) in [6, 6.07) is 9.72. The molecule has 0 atom stereocenters. The number of amides is 1. The number of alkyl halides is 2. The lowest BCUT2D eigenvalue weighted by molar-refractivity contribution is -0.129. The van der Waals surface area contributed by atoms with Gasteiger partial charge in [-0.2, -0.15) is 0 Å². The molecule has 0 fully saturated rings. The van der Waals surface area contributed by atoms with Crippen molar-refractivity contribution in [1.29, 1.82) is 0 Å². The lowest BCUT2D eigenvalue weighted by Gasteiger charge is -2.28. The van der Waals surface area contributed by atoms with Crippen molar-refractivity contribution in [3.8, 4) is 0 Å². The molecule has 2 N–H and O–H groups in total. The van der Waals surface area contributed by atoms with E-state index in [0.29, 0.717) is 24.3 Å². The van der Waals surface area contributed by atoms with E-state index in [4.69, 9.17) is 5.73 Å². The van der Waals surface area contributed by atoms with E-state index in [1.54, 1.807) is 6.92 Å². The second-order valence-electron chi connectivity index (χ2n) is 5.17. The second kappa shape index (κ2) is 7.15. The summed E-state index contributed by atoms with van der Waals surface area (Å²) in [5.74, 6) is -0.532. The average molecular weight is 307 g/mol. The van der Waals surface area contributed by atoms with Gasteiger partial charge in [0.15, 0.2) is 0 Å². The number of carbonyl (C=O) groups is 1. The third kappa shape index (κ3) is 3.90. The number of hydrogen-bond donors (Lipinski definition) is 1. The smallest absolute Gasteiger partial charge is 0.270 e. The van der Waals surface area contributed by atoms with E-state index in [-0.39, 0.29) is 12.2 Å². The van der Waals surface area contributed by atoms with Crippen LogP contribution in [-0.2, 0) is 11.3 Å². The number of halogens is 2. The monoisotopic (exact) mass is 307 g/mol. The van der Waals surface area contributed by atoms with E-state index in [1.807, 2.05) is 30.3 Å². The van der Waals surface area contributed by atoms with Gasteiger partial charge in [0.05, 0.1) is 13.1 Å². The molecule has 0 saturated heterocycles. The molecule has 0 saturated carbocycles. The highest BCUT2D eigenvalue weighted by atomic mass is 19.3. The number of rotatable bonds is 5. The van der Waals surface area contributed by atoms with Crippen LogP contribution in [0.2, 0.25) is 0 Å². The summed E-state index contributed by atoms with van der Waals surface area (Å²) in [5, 5.41) is 0. The predicted octanol–water partition coefficient (Wildman–Crippen LogP) is 2.36. The van der Waals surface area contributed by atoms with Crippen molar-refractivity contribution in [1.82, 2.24) is 4.90 Å². The first-order valence-electron chi connectivity index (χ1n) is 7.10. The van der Waals surface area contributed by atoms with E-state index in [2.05, 4.69) is 4.99 Å². The Bertz CT molecular complexity index is 597. The van der Waals surface area contributed by atoms with E-state index < -0.39 is 18.9 Å². The van der Waals surface area contributed by atoms with Gasteiger partial charge in [-0.15, -0.1) is 0 Å². The summed E-state index contributed by atoms with van der Waals surface area (Å²) in [6.45, 7) is 1.96. The number of benzene rings is 1. The van der Waals surface area contributed by atoms with Crippen LogP contribution in [0.3, 0.4) is 0 Å². The van der Waals surface area contributed by atoms with Gasteiger partial charge in [-0.1, -0.05) is 30.3 Å². The van der Waals surface area contributed by atoms with E-state index in [0.717, 1.165) is 10.5 Å². The van der Waals surface area contributed by atoms with Crippen LogP contribution in [0.15, 0.2) is 46.6 Å². The maximum Gasteiger partial charge on any atom is 0.270 e. The molecule has 6 heteroatoms. The molecule has 0 radical (unpaired) electrons. The Kier molecular flexibility index (Phi) is 5.25. The molecule has 1 heterocycles. The van der Waals surface area contributed by atoms with E-state index >= 15 is 0 Å². The molecule has 0 aliphatic carbocycles. The molecule has 2 rings (SSSR count). The fourth-order valence-electron chi connectivity index (χ4n) is 2.39. The zero-order chi connectivity index (χ0) is 16.1. The highest BCUT2D eigenvalue weighted by Crippen LogP contribution is 2.19. The summed E-state index contributed by atoms with van der Waals surface area (Å²) in [4.78, 5) is 17.5. The predicted molar refractivity (Wildman–Crippen MR) is 81.7 cm³/mol. The molecule has 0 unspecified atom stereocenters. The van der Waals surface area contributed by atoms with Gasteiger partial charge in [0.2, 0.25) is 0 Å². The van der Waals surface area contributed by atoms with Crippen molar-refractivity contribution in [3.63, 3.8) is 0 Å². The van der Waals surface area contributed by atoms with E-state index in [1.165, 1.54) is 0 Å². The third-order valence-electron chi connectivity index (χ3n) is 3.61. The molecule has 4 nitrogen and oxygen atoms in total. The Morgan fingerprint density at radius 1 is 1.36 bits per heavy atom. The summed E-state index contributed by atoms with van der Waals surface area (Å²) in [7, 11) is 0. The lowest BCUT2D eigenvalue weighted by Crippen LogP contribution is -2.43. The van der Waals surface area contributed by atoms with Crippen LogP contribution < -0.4 is 5.73 Å². The molecule has 1 aliphatic rings. The Balaban J connectivity index is 2.11. The van der Waals surface area contributed by atoms with Gasteiger partial charge in [0.1, 0.15) is 5.70 Å². The van der Waals surface area contributed by atoms with Gasteiger partial charge in [-0.25, -0.2) is 8.78 Å². The van der Waals surface area contributed by atoms with Gasteiger partial charge >= 0.3 is 0 Å². The highest BCUT2D eigenvalue weighted by Gasteiger charge is 2.27. The van der Waals surface area contributed by atoms with Gasteiger partial charge in [-0.3, -0.25) is 9.79 Å². The first-order chi connectivity index (χ1) is 10.5. The molecule has 0 spiro atoms. The van der Waals surface area contributed by atoms with Crippen LogP contribution in [0.5, 0.6) is 0 Å². The lowest BCUT2D eigenvalue weighted by atomic mass is 10.0. The Morgan fingerprint density at radius 3 is 2.68 bits per heavy atom. The van der Waals surface area contributed by atoms with Crippen LogP contribution in [0.25, 0.3) is 0 Å². The van der Waals surface area contributed by atoms with Gasteiger partial charge in [-0.05, 0) is 18.9 Å². The molecule has 0 bridgehead atoms. The molecule has 1 aromatic rings. The maximum atomic E-state index is 12.4. The SMILES string of the molecule is CC(=NCc1ccccc1)C1=C(N)C(=O)N(CC(F)F)CC1. The number of hydrogen-bond acceptors (Lipinski definition) is 3. The first kappa shape index (κ1) is 16.1. The van der Waals surface area contributed by atoms with Crippen molar-refractivity contribution < 1.29 is 13.6 Å². The topological polar surface area (TPSA) is 58.7 Å². The Morgan fingerprint density at radius 2 is 2.05 bits per heavy atom. The number of aliphatic imine (C=N–C) groups is 1. The number of nitrogens with zero attached hydrogens (tertiary/aromatic N) is 2. The zero-order valence-electron chi connectivity index (χ0n) is 12.4. The number of nitrogens with two attached hydrogens (primary N) is 1. The van der Waals surface area contributed by atoms with Crippen molar-refractivity contribution in [2.75, 3.05) is 13.1 Å². The maximum absolute atomic E-state index is 12.4. The van der Waals surface area contributed by atoms with Crippen LogP contribution >= 0.6 is 0 Å². The highest BCUT2D eigenvalue weighted by molar-refractivity contribution is 6.07. The van der Waals surface area contributed by atoms with Crippen LogP contribution in [-0.4, -0.2) is 36.0 Å². The summed E-state index contributed by atoms with van der Waals surface area (Å²) < 4.78 is 24.8. The van der Waals surface area contributed by atoms with Crippen molar-refractivity contribution in [3.05, 3.63) is 47.2 Å². The second-order valence-corrected chi connectivity index (χ2v) is 5.17. The fourth-order valence-corrected chi connectivity index (χ4v) is 2.39. The van der Waals surface area contributed by atoms with Crippen molar-refractivity contribution in [2.45, 2.75) is 26.3 Å². The quantitative estimate of drug-likeness (QED) is 0.849. The van der Waals surface area contributed by atoms with Crippen LogP contribution in [0.1, 0.15) is 18.9 Å². The summed E-state index contributed by atoms with van der Waals surface area (Å²) in [6.07, 6.45) is -2.10. The van der Waals surface area contributed by atoms with Crippen molar-refractivity contribution in [2.24, 2.45) is 10.7 Å². The first-order valence-corrected chi connectivity index (χ1v) is 7.10. The molecule has 118 valence electrons.